The van der Waals surface area contributed by atoms with Crippen molar-refractivity contribution in [2.45, 2.75) is 0 Å². The number of ether oxygens (including phenoxy) is 1. The lowest BCUT2D eigenvalue weighted by molar-refractivity contribution is -0.122. The Balaban J connectivity index is 2.13. The zero-order valence-electron chi connectivity index (χ0n) is 10.3. The number of rotatable bonds is 8. The Kier molecular flexibility index (Phi) is 6.88. The summed E-state index contributed by atoms with van der Waals surface area (Å²) in [4.78, 5) is 21.9. The second-order valence-corrected chi connectivity index (χ2v) is 4.19. The van der Waals surface area contributed by atoms with E-state index in [0.717, 1.165) is 0 Å². The fraction of sp³-hybridized carbons (Fsp3) is 0.333. The summed E-state index contributed by atoms with van der Waals surface area (Å²) in [6.45, 7) is 0.798. The standard InChI is InChI=1S/C12H16ClN3O3/c13-9-2-1-3-10(6-9)16-12(18)7-15-4-5-19-8-11(14)17/h1-3,6,15H,4-5,7-8H2,(H2,14,17)(H,16,18). The van der Waals surface area contributed by atoms with Crippen LogP contribution in [0.2, 0.25) is 5.02 Å². The van der Waals surface area contributed by atoms with E-state index in [1.807, 2.05) is 0 Å². The molecular weight excluding hydrogens is 270 g/mol. The number of halogens is 1. The molecule has 1 rings (SSSR count). The Morgan fingerprint density at radius 2 is 2.16 bits per heavy atom. The molecule has 7 heteroatoms. The topological polar surface area (TPSA) is 93.5 Å². The summed E-state index contributed by atoms with van der Waals surface area (Å²) in [5, 5.41) is 6.12. The molecule has 4 N–H and O–H groups in total. The molecule has 0 aliphatic rings. The molecular formula is C12H16ClN3O3. The molecule has 0 heterocycles. The van der Waals surface area contributed by atoms with Gasteiger partial charge in [0.2, 0.25) is 11.8 Å². The lowest BCUT2D eigenvalue weighted by Gasteiger charge is -2.07. The maximum atomic E-state index is 11.5. The SMILES string of the molecule is NC(=O)COCCNCC(=O)Nc1cccc(Cl)c1. The smallest absolute Gasteiger partial charge is 0.243 e. The molecule has 0 atom stereocenters. The van der Waals surface area contributed by atoms with E-state index in [1.165, 1.54) is 0 Å². The molecule has 0 aliphatic heterocycles. The van der Waals surface area contributed by atoms with Gasteiger partial charge in [0.1, 0.15) is 6.61 Å². The van der Waals surface area contributed by atoms with E-state index in [4.69, 9.17) is 22.1 Å². The van der Waals surface area contributed by atoms with Gasteiger partial charge in [0, 0.05) is 17.3 Å². The number of carbonyl (C=O) groups is 2. The van der Waals surface area contributed by atoms with Crippen LogP contribution in [0.25, 0.3) is 0 Å². The number of hydrogen-bond acceptors (Lipinski definition) is 4. The first-order valence-corrected chi connectivity index (χ1v) is 6.08. The van der Waals surface area contributed by atoms with Crippen LogP contribution in [-0.4, -0.2) is 38.1 Å². The van der Waals surface area contributed by atoms with E-state index in [2.05, 4.69) is 10.6 Å². The number of nitrogens with two attached hydrogens (primary N) is 1. The summed E-state index contributed by atoms with van der Waals surface area (Å²) >= 11 is 5.79. The minimum absolute atomic E-state index is 0.115. The molecule has 19 heavy (non-hydrogen) atoms. The average molecular weight is 286 g/mol. The summed E-state index contributed by atoms with van der Waals surface area (Å²) in [7, 11) is 0. The highest BCUT2D eigenvalue weighted by molar-refractivity contribution is 6.30. The van der Waals surface area contributed by atoms with E-state index >= 15 is 0 Å². The fourth-order valence-corrected chi connectivity index (χ4v) is 1.48. The van der Waals surface area contributed by atoms with Crippen molar-refractivity contribution >= 4 is 29.1 Å². The summed E-state index contributed by atoms with van der Waals surface area (Å²) < 4.78 is 4.92. The highest BCUT2D eigenvalue weighted by Gasteiger charge is 2.02. The molecule has 6 nitrogen and oxygen atoms in total. The number of anilines is 1. The van der Waals surface area contributed by atoms with Gasteiger partial charge in [-0.3, -0.25) is 9.59 Å². The van der Waals surface area contributed by atoms with Crippen LogP contribution in [0.15, 0.2) is 24.3 Å². The van der Waals surface area contributed by atoms with Crippen molar-refractivity contribution in [1.82, 2.24) is 5.32 Å². The lowest BCUT2D eigenvalue weighted by Crippen LogP contribution is -2.31. The van der Waals surface area contributed by atoms with Gasteiger partial charge in [-0.05, 0) is 18.2 Å². The van der Waals surface area contributed by atoms with Crippen molar-refractivity contribution in [3.05, 3.63) is 29.3 Å². The molecule has 0 aromatic heterocycles. The predicted octanol–water partition coefficient (Wildman–Crippen LogP) is 0.370. The zero-order valence-corrected chi connectivity index (χ0v) is 11.1. The molecule has 0 fully saturated rings. The average Bonchev–Trinajstić information content (AvgIpc) is 2.33. The first-order chi connectivity index (χ1) is 9.08. The van der Waals surface area contributed by atoms with Gasteiger partial charge in [-0.15, -0.1) is 0 Å². The quantitative estimate of drug-likeness (QED) is 0.602. The number of primary amides is 1. The number of hydrogen-bond donors (Lipinski definition) is 3. The first kappa shape index (κ1) is 15.4. The summed E-state index contributed by atoms with van der Waals surface area (Å²) in [5.74, 6) is -0.698. The second-order valence-electron chi connectivity index (χ2n) is 3.75. The molecule has 1 aromatic carbocycles. The largest absolute Gasteiger partial charge is 0.370 e. The summed E-state index contributed by atoms with van der Waals surface area (Å²) in [6.07, 6.45) is 0. The third-order valence-electron chi connectivity index (χ3n) is 2.06. The van der Waals surface area contributed by atoms with Gasteiger partial charge in [0.05, 0.1) is 13.2 Å². The molecule has 0 spiro atoms. The number of carbonyl (C=O) groups excluding carboxylic acids is 2. The Labute approximate surface area is 116 Å². The molecule has 0 saturated carbocycles. The molecule has 2 amide bonds. The van der Waals surface area contributed by atoms with Crippen molar-refractivity contribution in [3.8, 4) is 0 Å². The highest BCUT2D eigenvalue weighted by atomic mass is 35.5. The van der Waals surface area contributed by atoms with Gasteiger partial charge >= 0.3 is 0 Å². The number of amides is 2. The van der Waals surface area contributed by atoms with Gasteiger partial charge in [0.15, 0.2) is 0 Å². The van der Waals surface area contributed by atoms with Gasteiger partial charge < -0.3 is 21.1 Å². The van der Waals surface area contributed by atoms with Crippen LogP contribution in [0, 0.1) is 0 Å². The number of benzene rings is 1. The van der Waals surface area contributed by atoms with Crippen LogP contribution < -0.4 is 16.4 Å². The molecule has 0 unspecified atom stereocenters. The van der Waals surface area contributed by atoms with Gasteiger partial charge in [-0.25, -0.2) is 0 Å². The predicted molar refractivity (Wildman–Crippen MR) is 73.0 cm³/mol. The van der Waals surface area contributed by atoms with Gasteiger partial charge in [-0.2, -0.15) is 0 Å². The Morgan fingerprint density at radius 1 is 1.37 bits per heavy atom. The Bertz CT molecular complexity index is 440. The minimum atomic E-state index is -0.515. The third kappa shape index (κ3) is 7.40. The van der Waals surface area contributed by atoms with Crippen LogP contribution in [0.4, 0.5) is 5.69 Å². The maximum Gasteiger partial charge on any atom is 0.243 e. The van der Waals surface area contributed by atoms with Crippen LogP contribution in [-0.2, 0) is 14.3 Å². The Hall–Kier alpha value is -1.63. The van der Waals surface area contributed by atoms with Crippen molar-refractivity contribution in [2.24, 2.45) is 5.73 Å². The monoisotopic (exact) mass is 285 g/mol. The molecule has 0 aliphatic carbocycles. The van der Waals surface area contributed by atoms with Crippen LogP contribution in [0.3, 0.4) is 0 Å². The van der Waals surface area contributed by atoms with E-state index in [-0.39, 0.29) is 19.1 Å². The van der Waals surface area contributed by atoms with Gasteiger partial charge in [0.25, 0.3) is 0 Å². The molecule has 1 aromatic rings. The zero-order chi connectivity index (χ0) is 14.1. The second kappa shape index (κ2) is 8.47. The molecule has 104 valence electrons. The van der Waals surface area contributed by atoms with Crippen molar-refractivity contribution < 1.29 is 14.3 Å². The van der Waals surface area contributed by atoms with Crippen LogP contribution >= 0.6 is 11.6 Å². The van der Waals surface area contributed by atoms with Crippen LogP contribution in [0.5, 0.6) is 0 Å². The number of nitrogens with one attached hydrogen (secondary N) is 2. The maximum absolute atomic E-state index is 11.5. The normalized spacial score (nSPS) is 10.2. The fourth-order valence-electron chi connectivity index (χ4n) is 1.29. The highest BCUT2D eigenvalue weighted by Crippen LogP contribution is 2.14. The van der Waals surface area contributed by atoms with E-state index < -0.39 is 5.91 Å². The van der Waals surface area contributed by atoms with Crippen LogP contribution in [0.1, 0.15) is 0 Å². The first-order valence-electron chi connectivity index (χ1n) is 5.70. The summed E-state index contributed by atoms with van der Waals surface area (Å²) in [5.41, 5.74) is 5.54. The van der Waals surface area contributed by atoms with Crippen molar-refractivity contribution in [3.63, 3.8) is 0 Å². The third-order valence-corrected chi connectivity index (χ3v) is 2.30. The molecule has 0 saturated heterocycles. The van der Waals surface area contributed by atoms with E-state index in [0.29, 0.717) is 23.9 Å². The van der Waals surface area contributed by atoms with Crippen molar-refractivity contribution in [1.29, 1.82) is 0 Å². The molecule has 0 bridgehead atoms. The van der Waals surface area contributed by atoms with Gasteiger partial charge in [-0.1, -0.05) is 17.7 Å². The van der Waals surface area contributed by atoms with Crippen molar-refractivity contribution in [2.75, 3.05) is 31.6 Å². The van der Waals surface area contributed by atoms with E-state index in [9.17, 15) is 9.59 Å². The summed E-state index contributed by atoms with van der Waals surface area (Å²) in [6, 6.07) is 6.89. The minimum Gasteiger partial charge on any atom is -0.370 e. The lowest BCUT2D eigenvalue weighted by atomic mass is 10.3. The van der Waals surface area contributed by atoms with E-state index in [1.54, 1.807) is 24.3 Å². The molecule has 0 radical (unpaired) electrons. The Morgan fingerprint density at radius 3 is 2.84 bits per heavy atom.